The highest BCUT2D eigenvalue weighted by Crippen LogP contribution is 2.41. The number of nitrogens with zero attached hydrogens (tertiary/aromatic N) is 1. The molecular weight excluding hydrogens is 362 g/mol. The van der Waals surface area contributed by atoms with Gasteiger partial charge in [0.15, 0.2) is 0 Å². The fourth-order valence-electron chi connectivity index (χ4n) is 4.05. The van der Waals surface area contributed by atoms with Gasteiger partial charge in [-0.3, -0.25) is 0 Å². The zero-order chi connectivity index (χ0) is 18.4. The molecule has 0 saturated carbocycles. The number of piperidine rings is 1. The van der Waals surface area contributed by atoms with Gasteiger partial charge in [-0.15, -0.1) is 0 Å². The molecule has 0 radical (unpaired) electrons. The summed E-state index contributed by atoms with van der Waals surface area (Å²) >= 11 is 0. The zero-order valence-corrected chi connectivity index (χ0v) is 16.4. The Hall–Kier alpha value is -1.12. The Kier molecular flexibility index (Phi) is 4.89. The molecule has 2 aliphatic heterocycles. The Balaban J connectivity index is 1.90. The molecule has 2 aliphatic rings. The second-order valence-electron chi connectivity index (χ2n) is 7.00. The Morgan fingerprint density at radius 1 is 1.12 bits per heavy atom. The predicted octanol–water partition coefficient (Wildman–Crippen LogP) is 2.12. The topological polar surface area (TPSA) is 80.8 Å². The van der Waals surface area contributed by atoms with Crippen LogP contribution in [0.2, 0.25) is 0 Å². The van der Waals surface area contributed by atoms with E-state index in [1.54, 1.807) is 22.5 Å². The van der Waals surface area contributed by atoms with E-state index in [0.717, 1.165) is 18.4 Å². The molecule has 1 aromatic carbocycles. The van der Waals surface area contributed by atoms with Crippen molar-refractivity contribution in [1.82, 2.24) is 4.31 Å². The van der Waals surface area contributed by atoms with Crippen LogP contribution in [0.1, 0.15) is 38.2 Å². The third-order valence-electron chi connectivity index (χ3n) is 5.25. The number of ether oxygens (including phenoxy) is 1. The summed E-state index contributed by atoms with van der Waals surface area (Å²) < 4.78 is 57.1. The number of hydrogen-bond acceptors (Lipinski definition) is 5. The molecule has 0 aromatic heterocycles. The monoisotopic (exact) mass is 387 g/mol. The van der Waals surface area contributed by atoms with Crippen LogP contribution in [0.5, 0.6) is 5.75 Å². The van der Waals surface area contributed by atoms with Crippen molar-refractivity contribution < 1.29 is 21.6 Å². The van der Waals surface area contributed by atoms with E-state index in [9.17, 15) is 16.8 Å². The van der Waals surface area contributed by atoms with Gasteiger partial charge in [-0.1, -0.05) is 0 Å². The number of hydrogen-bond donors (Lipinski definition) is 0. The second-order valence-corrected chi connectivity index (χ2v) is 11.2. The molecular formula is C17H25NO5S2. The molecule has 2 saturated heterocycles. The minimum atomic E-state index is -3.64. The van der Waals surface area contributed by atoms with Crippen molar-refractivity contribution >= 4 is 19.9 Å². The number of sulfonamides is 1. The molecule has 3 rings (SSSR count). The summed E-state index contributed by atoms with van der Waals surface area (Å²) in [4.78, 5) is 0.253. The van der Waals surface area contributed by atoms with Crippen LogP contribution in [0.3, 0.4) is 0 Å². The molecule has 0 spiro atoms. The van der Waals surface area contributed by atoms with Gasteiger partial charge in [0.1, 0.15) is 15.6 Å². The third-order valence-corrected chi connectivity index (χ3v) is 8.85. The van der Waals surface area contributed by atoms with Crippen molar-refractivity contribution in [1.29, 1.82) is 0 Å². The number of fused-ring (bicyclic) bond motifs is 2. The molecule has 25 heavy (non-hydrogen) atoms. The van der Waals surface area contributed by atoms with Gasteiger partial charge in [0.05, 0.1) is 16.8 Å². The van der Waals surface area contributed by atoms with E-state index in [1.165, 1.54) is 6.26 Å². The van der Waals surface area contributed by atoms with Crippen LogP contribution in [0.4, 0.5) is 0 Å². The smallest absolute Gasteiger partial charge is 0.243 e. The average molecular weight is 388 g/mol. The first-order valence-corrected chi connectivity index (χ1v) is 12.0. The summed E-state index contributed by atoms with van der Waals surface area (Å²) in [6.07, 6.45) is 3.49. The van der Waals surface area contributed by atoms with E-state index >= 15 is 0 Å². The molecule has 8 heteroatoms. The normalized spacial score (nSPS) is 27.4. The van der Waals surface area contributed by atoms with E-state index in [2.05, 4.69) is 0 Å². The maximum Gasteiger partial charge on any atom is 0.243 e. The third kappa shape index (κ3) is 3.44. The Bertz CT molecular complexity index is 849. The Labute approximate surface area is 150 Å². The van der Waals surface area contributed by atoms with Crippen molar-refractivity contribution in [2.45, 2.75) is 61.8 Å². The molecule has 2 bridgehead atoms. The van der Waals surface area contributed by atoms with Crippen LogP contribution < -0.4 is 4.74 Å². The van der Waals surface area contributed by atoms with Crippen molar-refractivity contribution in [3.05, 3.63) is 23.8 Å². The summed E-state index contributed by atoms with van der Waals surface area (Å²) in [6, 6.07) is 4.46. The van der Waals surface area contributed by atoms with Gasteiger partial charge in [0, 0.05) is 18.3 Å². The highest BCUT2D eigenvalue weighted by Gasteiger charge is 2.49. The highest BCUT2D eigenvalue weighted by atomic mass is 32.2. The highest BCUT2D eigenvalue weighted by molar-refractivity contribution is 7.91. The fraction of sp³-hybridized carbons (Fsp3) is 0.647. The average Bonchev–Trinajstić information content (AvgIpc) is 2.80. The molecule has 2 atom stereocenters. The van der Waals surface area contributed by atoms with Crippen LogP contribution in [-0.2, 0) is 19.9 Å². The van der Waals surface area contributed by atoms with Gasteiger partial charge < -0.3 is 4.74 Å². The van der Waals surface area contributed by atoms with Gasteiger partial charge in [0.25, 0.3) is 0 Å². The minimum absolute atomic E-state index is 0.227. The maximum atomic E-state index is 13.2. The lowest BCUT2D eigenvalue weighted by Crippen LogP contribution is -2.49. The van der Waals surface area contributed by atoms with Crippen LogP contribution in [0, 0.1) is 6.92 Å². The number of sulfone groups is 1. The number of aryl methyl sites for hydroxylation is 1. The van der Waals surface area contributed by atoms with Gasteiger partial charge in [-0.2, -0.15) is 4.31 Å². The van der Waals surface area contributed by atoms with Crippen LogP contribution in [-0.4, -0.2) is 51.3 Å². The summed E-state index contributed by atoms with van der Waals surface area (Å²) in [5, 5.41) is -0.432. The summed E-state index contributed by atoms with van der Waals surface area (Å²) in [7, 11) is -6.78. The lowest BCUT2D eigenvalue weighted by atomic mass is 10.1. The SMILES string of the molecule is CCOc1ccc(S(=O)(=O)N2C3CCC2CC(S(C)(=O)=O)C3)cc1C. The van der Waals surface area contributed by atoms with E-state index < -0.39 is 25.1 Å². The van der Waals surface area contributed by atoms with Crippen molar-refractivity contribution in [3.63, 3.8) is 0 Å². The maximum absolute atomic E-state index is 13.2. The lowest BCUT2D eigenvalue weighted by Gasteiger charge is -2.37. The van der Waals surface area contributed by atoms with E-state index in [0.29, 0.717) is 25.2 Å². The summed E-state index contributed by atoms with van der Waals surface area (Å²) in [6.45, 7) is 4.23. The summed E-state index contributed by atoms with van der Waals surface area (Å²) in [5.74, 6) is 0.681. The van der Waals surface area contributed by atoms with Crippen molar-refractivity contribution in [3.8, 4) is 5.75 Å². The fourth-order valence-corrected chi connectivity index (χ4v) is 7.17. The van der Waals surface area contributed by atoms with E-state index in [4.69, 9.17) is 4.74 Å². The molecule has 1 aromatic rings. The lowest BCUT2D eigenvalue weighted by molar-refractivity contribution is 0.249. The predicted molar refractivity (Wildman–Crippen MR) is 96.0 cm³/mol. The van der Waals surface area contributed by atoms with E-state index in [1.807, 2.05) is 13.8 Å². The quantitative estimate of drug-likeness (QED) is 0.773. The number of rotatable bonds is 5. The van der Waals surface area contributed by atoms with Crippen LogP contribution in [0.15, 0.2) is 23.1 Å². The van der Waals surface area contributed by atoms with Crippen LogP contribution >= 0.6 is 0 Å². The molecule has 0 N–H and O–H groups in total. The molecule has 2 fully saturated rings. The largest absolute Gasteiger partial charge is 0.494 e. The minimum Gasteiger partial charge on any atom is -0.494 e. The van der Waals surface area contributed by atoms with Gasteiger partial charge in [0.2, 0.25) is 10.0 Å². The molecule has 2 unspecified atom stereocenters. The van der Waals surface area contributed by atoms with Gasteiger partial charge in [-0.05, 0) is 63.3 Å². The molecule has 0 aliphatic carbocycles. The van der Waals surface area contributed by atoms with Crippen molar-refractivity contribution in [2.24, 2.45) is 0 Å². The molecule has 140 valence electrons. The standard InChI is InChI=1S/C17H25NO5S2/c1-4-23-17-8-7-15(9-12(17)2)25(21,22)18-13-5-6-14(18)11-16(10-13)24(3,19)20/h7-9,13-14,16H,4-6,10-11H2,1-3H3. The number of benzene rings is 1. The van der Waals surface area contributed by atoms with E-state index in [-0.39, 0.29) is 17.0 Å². The van der Waals surface area contributed by atoms with Gasteiger partial charge in [-0.25, -0.2) is 16.8 Å². The summed E-state index contributed by atoms with van der Waals surface area (Å²) in [5.41, 5.74) is 0.779. The van der Waals surface area contributed by atoms with Crippen LogP contribution in [0.25, 0.3) is 0 Å². The van der Waals surface area contributed by atoms with Crippen molar-refractivity contribution in [2.75, 3.05) is 12.9 Å². The molecule has 0 amide bonds. The first kappa shape index (κ1) is 18.7. The molecule has 2 heterocycles. The molecule has 6 nitrogen and oxygen atoms in total. The van der Waals surface area contributed by atoms with Gasteiger partial charge >= 0.3 is 0 Å². The second kappa shape index (κ2) is 6.55. The Morgan fingerprint density at radius 3 is 2.20 bits per heavy atom. The zero-order valence-electron chi connectivity index (χ0n) is 14.8. The first-order valence-electron chi connectivity index (χ1n) is 8.60. The Morgan fingerprint density at radius 2 is 1.72 bits per heavy atom. The first-order chi connectivity index (χ1) is 11.6.